The van der Waals surface area contributed by atoms with Crippen molar-refractivity contribution in [1.29, 1.82) is 0 Å². The van der Waals surface area contributed by atoms with Crippen molar-refractivity contribution in [3.8, 4) is 0 Å². The number of halogens is 1. The second kappa shape index (κ2) is 8.45. The largest absolute Gasteiger partial charge is 0.375 e. The van der Waals surface area contributed by atoms with Crippen molar-refractivity contribution in [2.45, 2.75) is 12.6 Å². The van der Waals surface area contributed by atoms with Gasteiger partial charge in [-0.05, 0) is 17.7 Å². The lowest BCUT2D eigenvalue weighted by atomic mass is 10.1. The third-order valence-corrected chi connectivity index (χ3v) is 3.54. The average Bonchev–Trinajstić information content (AvgIpc) is 2.56. The molecule has 0 aliphatic rings. The van der Waals surface area contributed by atoms with Gasteiger partial charge in [-0.2, -0.15) is 0 Å². The quantitative estimate of drug-likeness (QED) is 0.882. The number of carbonyl (C=O) groups is 1. The van der Waals surface area contributed by atoms with Crippen LogP contribution in [0.15, 0.2) is 42.9 Å². The van der Waals surface area contributed by atoms with Crippen molar-refractivity contribution in [1.82, 2.24) is 20.2 Å². The van der Waals surface area contributed by atoms with Gasteiger partial charge in [-0.25, -0.2) is 4.79 Å². The van der Waals surface area contributed by atoms with E-state index in [4.69, 9.17) is 16.3 Å². The van der Waals surface area contributed by atoms with Gasteiger partial charge in [0.2, 0.25) is 0 Å². The third kappa shape index (κ3) is 5.19. The van der Waals surface area contributed by atoms with Gasteiger partial charge in [-0.15, -0.1) is 0 Å². The molecule has 2 aromatic rings. The van der Waals surface area contributed by atoms with E-state index in [1.807, 2.05) is 18.2 Å². The Morgan fingerprint density at radius 3 is 2.91 bits per heavy atom. The number of nitrogens with zero attached hydrogens (tertiary/aromatic N) is 3. The minimum absolute atomic E-state index is 0.209. The molecule has 0 saturated carbocycles. The molecule has 1 aromatic carbocycles. The summed E-state index contributed by atoms with van der Waals surface area (Å²) in [4.78, 5) is 21.8. The van der Waals surface area contributed by atoms with Crippen LogP contribution < -0.4 is 5.32 Å². The Hall–Kier alpha value is -2.18. The van der Waals surface area contributed by atoms with E-state index in [0.717, 1.165) is 11.3 Å². The minimum atomic E-state index is -0.262. The van der Waals surface area contributed by atoms with Gasteiger partial charge in [-0.1, -0.05) is 23.7 Å². The van der Waals surface area contributed by atoms with Crippen LogP contribution in [0.25, 0.3) is 0 Å². The molecule has 2 amide bonds. The maximum atomic E-state index is 12.2. The standard InChI is InChI=1S/C16H19ClN4O2/c1-21(11-14-9-18-6-7-19-14)16(22)20-10-15(23-2)12-4-3-5-13(17)8-12/h3-9,15H,10-11H2,1-2H3,(H,20,22). The van der Waals surface area contributed by atoms with Gasteiger partial charge < -0.3 is 15.0 Å². The van der Waals surface area contributed by atoms with E-state index in [2.05, 4.69) is 15.3 Å². The number of aromatic nitrogens is 2. The number of carbonyl (C=O) groups excluding carboxylic acids is 1. The van der Waals surface area contributed by atoms with Crippen molar-refractivity contribution in [3.05, 3.63) is 59.1 Å². The summed E-state index contributed by atoms with van der Waals surface area (Å²) in [6.07, 6.45) is 4.56. The molecule has 0 spiro atoms. The molecule has 0 aliphatic carbocycles. The van der Waals surface area contributed by atoms with E-state index in [0.29, 0.717) is 18.1 Å². The normalized spacial score (nSPS) is 11.8. The smallest absolute Gasteiger partial charge is 0.317 e. The number of amides is 2. The van der Waals surface area contributed by atoms with Gasteiger partial charge >= 0.3 is 6.03 Å². The highest BCUT2D eigenvalue weighted by Gasteiger charge is 2.15. The summed E-state index contributed by atoms with van der Waals surface area (Å²) in [6.45, 7) is 0.731. The molecule has 1 unspecified atom stereocenters. The van der Waals surface area contributed by atoms with E-state index >= 15 is 0 Å². The Bertz CT molecular complexity index is 639. The first-order valence-corrected chi connectivity index (χ1v) is 7.50. The van der Waals surface area contributed by atoms with Gasteiger partial charge in [0.05, 0.1) is 24.5 Å². The molecule has 0 fully saturated rings. The maximum absolute atomic E-state index is 12.2. The monoisotopic (exact) mass is 334 g/mol. The Morgan fingerprint density at radius 2 is 2.26 bits per heavy atom. The zero-order valence-electron chi connectivity index (χ0n) is 13.1. The molecule has 6 nitrogen and oxygen atoms in total. The Balaban J connectivity index is 1.89. The molecule has 0 saturated heterocycles. The zero-order valence-corrected chi connectivity index (χ0v) is 13.8. The molecule has 1 N–H and O–H groups in total. The second-order valence-electron chi connectivity index (χ2n) is 5.02. The van der Waals surface area contributed by atoms with E-state index in [1.54, 1.807) is 38.8 Å². The van der Waals surface area contributed by atoms with Crippen molar-refractivity contribution in [3.63, 3.8) is 0 Å². The average molecular weight is 335 g/mol. The molecular weight excluding hydrogens is 316 g/mol. The molecule has 2 rings (SSSR count). The van der Waals surface area contributed by atoms with Crippen molar-refractivity contribution < 1.29 is 9.53 Å². The Kier molecular flexibility index (Phi) is 6.31. The number of hydrogen-bond acceptors (Lipinski definition) is 4. The fourth-order valence-corrected chi connectivity index (χ4v) is 2.28. The van der Waals surface area contributed by atoms with Crippen LogP contribution in [0.2, 0.25) is 5.02 Å². The summed E-state index contributed by atoms with van der Waals surface area (Å²) in [7, 11) is 3.30. The lowest BCUT2D eigenvalue weighted by Gasteiger charge is -2.21. The van der Waals surface area contributed by atoms with Crippen LogP contribution in [0, 0.1) is 0 Å². The molecule has 0 radical (unpaired) electrons. The first kappa shape index (κ1) is 17.2. The highest BCUT2D eigenvalue weighted by atomic mass is 35.5. The number of nitrogens with one attached hydrogen (secondary N) is 1. The highest BCUT2D eigenvalue weighted by molar-refractivity contribution is 6.30. The number of benzene rings is 1. The molecule has 1 atom stereocenters. The van der Waals surface area contributed by atoms with Crippen molar-refractivity contribution >= 4 is 17.6 Å². The summed E-state index contributed by atoms with van der Waals surface area (Å²) in [6, 6.07) is 7.18. The van der Waals surface area contributed by atoms with Gasteiger partial charge in [0.25, 0.3) is 0 Å². The van der Waals surface area contributed by atoms with Crippen LogP contribution in [0.5, 0.6) is 0 Å². The van der Waals surface area contributed by atoms with Crippen LogP contribution in [0.1, 0.15) is 17.4 Å². The molecule has 122 valence electrons. The van der Waals surface area contributed by atoms with Gasteiger partial charge in [0.15, 0.2) is 0 Å². The summed E-state index contributed by atoms with van der Waals surface area (Å²) >= 11 is 5.99. The topological polar surface area (TPSA) is 67.3 Å². The van der Waals surface area contributed by atoms with Crippen molar-refractivity contribution in [2.24, 2.45) is 0 Å². The SMILES string of the molecule is COC(CNC(=O)N(C)Cc1cnccn1)c1cccc(Cl)c1. The second-order valence-corrected chi connectivity index (χ2v) is 5.45. The summed E-state index contributed by atoms with van der Waals surface area (Å²) in [5.74, 6) is 0. The van der Waals surface area contributed by atoms with Crippen LogP contribution in [0.4, 0.5) is 4.79 Å². The zero-order chi connectivity index (χ0) is 16.7. The number of methoxy groups -OCH3 is 1. The van der Waals surface area contributed by atoms with E-state index in [1.165, 1.54) is 4.90 Å². The fraction of sp³-hybridized carbons (Fsp3) is 0.312. The van der Waals surface area contributed by atoms with Crippen LogP contribution in [-0.4, -0.2) is 41.6 Å². The molecular formula is C16H19ClN4O2. The van der Waals surface area contributed by atoms with Crippen LogP contribution in [-0.2, 0) is 11.3 Å². The van der Waals surface area contributed by atoms with E-state index < -0.39 is 0 Å². The molecule has 0 aliphatic heterocycles. The molecule has 7 heteroatoms. The van der Waals surface area contributed by atoms with Crippen LogP contribution >= 0.6 is 11.6 Å². The first-order chi connectivity index (χ1) is 11.1. The number of hydrogen-bond donors (Lipinski definition) is 1. The highest BCUT2D eigenvalue weighted by Crippen LogP contribution is 2.19. The Labute approximate surface area is 140 Å². The molecule has 0 bridgehead atoms. The summed E-state index contributed by atoms with van der Waals surface area (Å²) in [5.41, 5.74) is 1.64. The third-order valence-electron chi connectivity index (χ3n) is 3.31. The number of rotatable bonds is 6. The van der Waals surface area contributed by atoms with Gasteiger partial charge in [0, 0.05) is 38.1 Å². The summed E-state index contributed by atoms with van der Waals surface area (Å²) < 4.78 is 5.43. The number of urea groups is 1. The summed E-state index contributed by atoms with van der Waals surface area (Å²) in [5, 5.41) is 3.48. The van der Waals surface area contributed by atoms with Crippen LogP contribution in [0.3, 0.4) is 0 Å². The fourth-order valence-electron chi connectivity index (χ4n) is 2.09. The van der Waals surface area contributed by atoms with Crippen molar-refractivity contribution in [2.75, 3.05) is 20.7 Å². The predicted molar refractivity (Wildman–Crippen MR) is 88.1 cm³/mol. The lowest BCUT2D eigenvalue weighted by molar-refractivity contribution is 0.102. The minimum Gasteiger partial charge on any atom is -0.375 e. The maximum Gasteiger partial charge on any atom is 0.317 e. The van der Waals surface area contributed by atoms with E-state index in [9.17, 15) is 4.79 Å². The predicted octanol–water partition coefficient (Wildman–Crippen LogP) is 2.66. The first-order valence-electron chi connectivity index (χ1n) is 7.12. The molecule has 23 heavy (non-hydrogen) atoms. The lowest BCUT2D eigenvalue weighted by Crippen LogP contribution is -2.39. The van der Waals surface area contributed by atoms with Gasteiger partial charge in [-0.3, -0.25) is 9.97 Å². The number of ether oxygens (including phenoxy) is 1. The molecule has 1 aromatic heterocycles. The Morgan fingerprint density at radius 1 is 1.43 bits per heavy atom. The van der Waals surface area contributed by atoms with Gasteiger partial charge in [0.1, 0.15) is 0 Å². The molecule has 1 heterocycles. The van der Waals surface area contributed by atoms with E-state index in [-0.39, 0.29) is 12.1 Å².